The van der Waals surface area contributed by atoms with Crippen molar-refractivity contribution in [2.75, 3.05) is 6.61 Å². The van der Waals surface area contributed by atoms with Gasteiger partial charge in [-0.25, -0.2) is 4.68 Å². The first-order valence-corrected chi connectivity index (χ1v) is 9.42. The third-order valence-corrected chi connectivity index (χ3v) is 5.23. The number of benzene rings is 1. The van der Waals surface area contributed by atoms with Gasteiger partial charge in [-0.2, -0.15) is 0 Å². The van der Waals surface area contributed by atoms with Crippen molar-refractivity contribution in [3.05, 3.63) is 35.5 Å². The third kappa shape index (κ3) is 3.93. The van der Waals surface area contributed by atoms with Crippen LogP contribution in [0.2, 0.25) is 0 Å². The van der Waals surface area contributed by atoms with Crippen molar-refractivity contribution >= 4 is 0 Å². The van der Waals surface area contributed by atoms with Gasteiger partial charge in [0.1, 0.15) is 5.69 Å². The molecule has 1 aromatic carbocycles. The summed E-state index contributed by atoms with van der Waals surface area (Å²) in [4.78, 5) is 0. The molecule has 1 aliphatic carbocycles. The second-order valence-electron chi connectivity index (χ2n) is 7.24. The zero-order valence-electron chi connectivity index (χ0n) is 14.9. The summed E-state index contributed by atoms with van der Waals surface area (Å²) in [5.74, 6) is 7.31. The minimum absolute atomic E-state index is 0.272. The van der Waals surface area contributed by atoms with E-state index in [4.69, 9.17) is 4.74 Å². The molecule has 0 N–H and O–H groups in total. The maximum atomic E-state index is 5.79. The molecule has 4 nitrogen and oxygen atoms in total. The van der Waals surface area contributed by atoms with Crippen LogP contribution < -0.4 is 0 Å². The van der Waals surface area contributed by atoms with Crippen molar-refractivity contribution in [1.82, 2.24) is 15.0 Å². The van der Waals surface area contributed by atoms with Gasteiger partial charge in [-0.15, -0.1) is 5.10 Å². The van der Waals surface area contributed by atoms with E-state index in [2.05, 4.69) is 47.3 Å². The highest BCUT2D eigenvalue weighted by Gasteiger charge is 2.16. The highest BCUT2D eigenvalue weighted by atomic mass is 16.5. The Morgan fingerprint density at radius 3 is 2.84 bits per heavy atom. The second kappa shape index (κ2) is 7.41. The molecule has 0 radical (unpaired) electrons. The summed E-state index contributed by atoms with van der Waals surface area (Å²) in [5, 5.41) is 8.65. The molecule has 2 aliphatic rings. The van der Waals surface area contributed by atoms with Crippen molar-refractivity contribution in [2.45, 2.75) is 58.1 Å². The molecule has 130 valence electrons. The van der Waals surface area contributed by atoms with Gasteiger partial charge in [-0.3, -0.25) is 0 Å². The number of nitrogens with zero attached hydrogens (tertiary/aromatic N) is 3. The molecule has 2 aromatic rings. The molecule has 2 heterocycles. The van der Waals surface area contributed by atoms with Crippen LogP contribution in [-0.4, -0.2) is 27.7 Å². The number of aryl methyl sites for hydroxylation is 1. The Kier molecular flexibility index (Phi) is 4.85. The third-order valence-electron chi connectivity index (χ3n) is 5.23. The Morgan fingerprint density at radius 2 is 2.12 bits per heavy atom. The van der Waals surface area contributed by atoms with Crippen molar-refractivity contribution in [3.63, 3.8) is 0 Å². The first kappa shape index (κ1) is 16.4. The van der Waals surface area contributed by atoms with Crippen molar-refractivity contribution < 1.29 is 4.74 Å². The van der Waals surface area contributed by atoms with Crippen molar-refractivity contribution in [2.24, 2.45) is 5.92 Å². The molecule has 0 amide bonds. The summed E-state index contributed by atoms with van der Waals surface area (Å²) >= 11 is 0. The highest BCUT2D eigenvalue weighted by molar-refractivity contribution is 5.64. The van der Waals surface area contributed by atoms with Gasteiger partial charge in [-0.1, -0.05) is 29.5 Å². The first-order valence-electron chi connectivity index (χ1n) is 9.42. The summed E-state index contributed by atoms with van der Waals surface area (Å²) in [5.41, 5.74) is 4.34. The number of hydrogen-bond acceptors (Lipinski definition) is 3. The van der Waals surface area contributed by atoms with Gasteiger partial charge in [0.05, 0.1) is 18.8 Å². The van der Waals surface area contributed by atoms with Crippen LogP contribution in [0.15, 0.2) is 24.4 Å². The van der Waals surface area contributed by atoms with Gasteiger partial charge < -0.3 is 4.74 Å². The molecule has 1 aliphatic heterocycles. The first-order chi connectivity index (χ1) is 12.3. The Balaban J connectivity index is 1.46. The molecular weight excluding hydrogens is 310 g/mol. The van der Waals surface area contributed by atoms with Crippen molar-refractivity contribution in [3.8, 4) is 23.1 Å². The van der Waals surface area contributed by atoms with Gasteiger partial charge in [0.25, 0.3) is 0 Å². The molecule has 4 rings (SSSR count). The van der Waals surface area contributed by atoms with Crippen molar-refractivity contribution in [1.29, 1.82) is 0 Å². The standard InChI is InChI=1S/C21H25N3O/c1-16-13-18(9-8-17-5-4-6-17)10-11-20(16)21-15-24(23-22-21)14-19-7-2-3-12-25-19/h10-11,13,15,17,19H,2-7,12,14H2,1H3. The lowest BCUT2D eigenvalue weighted by Gasteiger charge is -2.21. The number of hydrogen-bond donors (Lipinski definition) is 0. The number of aromatic nitrogens is 3. The Bertz CT molecular complexity index is 789. The van der Waals surface area contributed by atoms with Gasteiger partial charge >= 0.3 is 0 Å². The van der Waals surface area contributed by atoms with E-state index in [1.165, 1.54) is 37.7 Å². The molecule has 25 heavy (non-hydrogen) atoms. The summed E-state index contributed by atoms with van der Waals surface area (Å²) in [7, 11) is 0. The molecular formula is C21H25N3O. The minimum atomic E-state index is 0.272. The maximum absolute atomic E-state index is 5.79. The minimum Gasteiger partial charge on any atom is -0.376 e. The molecule has 1 saturated carbocycles. The fourth-order valence-corrected chi connectivity index (χ4v) is 3.44. The summed E-state index contributed by atoms with van der Waals surface area (Å²) in [6.07, 6.45) is 9.69. The van der Waals surface area contributed by atoms with Crippen LogP contribution in [-0.2, 0) is 11.3 Å². The van der Waals surface area contributed by atoms with Crippen LogP contribution in [0.1, 0.15) is 49.7 Å². The summed E-state index contributed by atoms with van der Waals surface area (Å²) in [6.45, 7) is 3.78. The lowest BCUT2D eigenvalue weighted by molar-refractivity contribution is 0.00370. The molecule has 0 bridgehead atoms. The van der Waals surface area contributed by atoms with Crippen LogP contribution in [0.25, 0.3) is 11.3 Å². The zero-order valence-corrected chi connectivity index (χ0v) is 14.9. The fourth-order valence-electron chi connectivity index (χ4n) is 3.44. The lowest BCUT2D eigenvalue weighted by Crippen LogP contribution is -2.24. The summed E-state index contributed by atoms with van der Waals surface area (Å²) < 4.78 is 7.70. The van der Waals surface area contributed by atoms with Crippen LogP contribution in [0.4, 0.5) is 0 Å². The van der Waals surface area contributed by atoms with E-state index in [-0.39, 0.29) is 6.10 Å². The average Bonchev–Trinajstić information content (AvgIpc) is 3.03. The predicted octanol–water partition coefficient (Wildman–Crippen LogP) is 3.97. The molecule has 1 unspecified atom stereocenters. The topological polar surface area (TPSA) is 39.9 Å². The molecule has 0 spiro atoms. The maximum Gasteiger partial charge on any atom is 0.113 e. The Morgan fingerprint density at radius 1 is 1.20 bits per heavy atom. The molecule has 1 atom stereocenters. The van der Waals surface area contributed by atoms with Crippen LogP contribution in [0, 0.1) is 24.7 Å². The highest BCUT2D eigenvalue weighted by Crippen LogP contribution is 2.26. The Hall–Kier alpha value is -2.12. The molecule has 2 fully saturated rings. The van der Waals surface area contributed by atoms with Crippen LogP contribution in [0.5, 0.6) is 0 Å². The normalized spacial score (nSPS) is 20.6. The smallest absolute Gasteiger partial charge is 0.113 e. The monoisotopic (exact) mass is 335 g/mol. The average molecular weight is 335 g/mol. The van der Waals surface area contributed by atoms with Gasteiger partial charge in [0.15, 0.2) is 0 Å². The Labute approximate surface area is 149 Å². The molecule has 4 heteroatoms. The van der Waals surface area contributed by atoms with E-state index in [0.717, 1.165) is 36.4 Å². The summed E-state index contributed by atoms with van der Waals surface area (Å²) in [6, 6.07) is 6.37. The van der Waals surface area contributed by atoms with E-state index in [1.807, 2.05) is 10.9 Å². The fraction of sp³-hybridized carbons (Fsp3) is 0.524. The number of rotatable bonds is 3. The zero-order chi connectivity index (χ0) is 17.1. The predicted molar refractivity (Wildman–Crippen MR) is 98.0 cm³/mol. The van der Waals surface area contributed by atoms with Gasteiger partial charge in [0.2, 0.25) is 0 Å². The van der Waals surface area contributed by atoms with Gasteiger partial charge in [0, 0.05) is 23.7 Å². The lowest BCUT2D eigenvalue weighted by atomic mass is 9.86. The SMILES string of the molecule is Cc1cc(C#CC2CCC2)ccc1-c1cn(CC2CCCCO2)nn1. The van der Waals surface area contributed by atoms with Gasteiger partial charge in [-0.05, 0) is 56.7 Å². The van der Waals surface area contributed by atoms with Crippen LogP contribution in [0.3, 0.4) is 0 Å². The number of ether oxygens (including phenoxy) is 1. The second-order valence-corrected chi connectivity index (χ2v) is 7.24. The van der Waals surface area contributed by atoms with E-state index in [9.17, 15) is 0 Å². The van der Waals surface area contributed by atoms with E-state index >= 15 is 0 Å². The molecule has 1 saturated heterocycles. The van der Waals surface area contributed by atoms with E-state index < -0.39 is 0 Å². The quantitative estimate of drug-likeness (QED) is 0.797. The molecule has 1 aromatic heterocycles. The largest absolute Gasteiger partial charge is 0.376 e. The van der Waals surface area contributed by atoms with Crippen LogP contribution >= 0.6 is 0 Å². The van der Waals surface area contributed by atoms with E-state index in [0.29, 0.717) is 5.92 Å². The van der Waals surface area contributed by atoms with E-state index in [1.54, 1.807) is 0 Å².